The molecule has 0 aromatic carbocycles. The van der Waals surface area contributed by atoms with E-state index in [1.807, 2.05) is 19.9 Å². The molecule has 2 aliphatic rings. The third kappa shape index (κ3) is 3.70. The molecule has 0 spiro atoms. The highest BCUT2D eigenvalue weighted by atomic mass is 16.5. The number of likely N-dealkylation sites (tertiary alicyclic amines) is 1. The van der Waals surface area contributed by atoms with Crippen LogP contribution in [0, 0.1) is 19.8 Å². The Labute approximate surface area is 147 Å². The minimum absolute atomic E-state index is 0.282. The van der Waals surface area contributed by atoms with E-state index in [1.165, 1.54) is 0 Å². The molecule has 1 saturated heterocycles. The molecule has 0 radical (unpaired) electrons. The number of hydrogen-bond acceptors (Lipinski definition) is 4. The Morgan fingerprint density at radius 2 is 1.96 bits per heavy atom. The predicted molar refractivity (Wildman–Crippen MR) is 91.0 cm³/mol. The van der Waals surface area contributed by atoms with Crippen LogP contribution < -0.4 is 5.73 Å². The Morgan fingerprint density at radius 3 is 2.60 bits per heavy atom. The van der Waals surface area contributed by atoms with Crippen LogP contribution in [0.2, 0.25) is 0 Å². The summed E-state index contributed by atoms with van der Waals surface area (Å²) in [4.78, 5) is 37.5. The number of carbonyl (C=O) groups is 3. The molecule has 3 rings (SSSR count). The van der Waals surface area contributed by atoms with Crippen LogP contribution in [0.1, 0.15) is 53.5 Å². The minimum atomic E-state index is -0.475. The first-order valence-electron chi connectivity index (χ1n) is 8.81. The molecule has 2 fully saturated rings. The number of aryl methyl sites for hydroxylation is 1. The fraction of sp³-hybridized carbons (Fsp3) is 0.611. The van der Waals surface area contributed by atoms with E-state index in [-0.39, 0.29) is 24.3 Å². The number of ether oxygens (including phenoxy) is 1. The van der Waals surface area contributed by atoms with E-state index >= 15 is 0 Å². The van der Waals surface area contributed by atoms with E-state index < -0.39 is 5.97 Å². The molecular weight excluding hydrogens is 322 g/mol. The number of rotatable bonds is 5. The maximum Gasteiger partial charge on any atom is 0.340 e. The summed E-state index contributed by atoms with van der Waals surface area (Å²) < 4.78 is 7.40. The van der Waals surface area contributed by atoms with Crippen molar-refractivity contribution in [2.24, 2.45) is 11.7 Å². The van der Waals surface area contributed by atoms with Gasteiger partial charge in [-0.3, -0.25) is 9.59 Å². The van der Waals surface area contributed by atoms with Crippen molar-refractivity contribution < 1.29 is 19.1 Å². The van der Waals surface area contributed by atoms with Crippen molar-refractivity contribution in [3.63, 3.8) is 0 Å². The smallest absolute Gasteiger partial charge is 0.340 e. The second-order valence-electron chi connectivity index (χ2n) is 7.04. The van der Waals surface area contributed by atoms with E-state index in [4.69, 9.17) is 10.5 Å². The normalized spacial score (nSPS) is 20.4. The molecule has 2 amide bonds. The van der Waals surface area contributed by atoms with Crippen molar-refractivity contribution in [1.29, 1.82) is 0 Å². The van der Waals surface area contributed by atoms with Gasteiger partial charge in [0.1, 0.15) is 0 Å². The van der Waals surface area contributed by atoms with E-state index in [9.17, 15) is 14.4 Å². The van der Waals surface area contributed by atoms with Crippen LogP contribution in [0.3, 0.4) is 0 Å². The van der Waals surface area contributed by atoms with Crippen molar-refractivity contribution in [1.82, 2.24) is 9.47 Å². The summed E-state index contributed by atoms with van der Waals surface area (Å²) in [6.07, 6.45) is 3.71. The zero-order valence-corrected chi connectivity index (χ0v) is 14.8. The second kappa shape index (κ2) is 6.90. The van der Waals surface area contributed by atoms with E-state index in [0.29, 0.717) is 31.1 Å². The predicted octanol–water partition coefficient (Wildman–Crippen LogP) is 1.32. The largest absolute Gasteiger partial charge is 0.452 e. The van der Waals surface area contributed by atoms with E-state index in [0.717, 1.165) is 30.7 Å². The minimum Gasteiger partial charge on any atom is -0.452 e. The van der Waals surface area contributed by atoms with Crippen LogP contribution in [-0.4, -0.2) is 46.9 Å². The van der Waals surface area contributed by atoms with Crippen molar-refractivity contribution in [3.8, 4) is 0 Å². The quantitative estimate of drug-likeness (QED) is 0.813. The SMILES string of the molecule is Cc1cc(C(=O)OCC(=O)N2CCC[C@@H](C(N)=O)C2)c(C)n1C1CC1. The van der Waals surface area contributed by atoms with Gasteiger partial charge < -0.3 is 19.9 Å². The van der Waals surface area contributed by atoms with Gasteiger partial charge in [0.25, 0.3) is 5.91 Å². The molecule has 2 N–H and O–H groups in total. The number of primary amides is 1. The number of amides is 2. The topological polar surface area (TPSA) is 94.6 Å². The summed E-state index contributed by atoms with van der Waals surface area (Å²) in [5.74, 6) is -1.46. The Balaban J connectivity index is 1.58. The number of piperidine rings is 1. The lowest BCUT2D eigenvalue weighted by Gasteiger charge is -2.31. The van der Waals surface area contributed by atoms with Crippen LogP contribution in [0.25, 0.3) is 0 Å². The monoisotopic (exact) mass is 347 g/mol. The Bertz CT molecular complexity index is 705. The number of carbonyl (C=O) groups excluding carboxylic acids is 3. The molecule has 136 valence electrons. The van der Waals surface area contributed by atoms with Gasteiger partial charge in [-0.15, -0.1) is 0 Å². The lowest BCUT2D eigenvalue weighted by Crippen LogP contribution is -2.45. The van der Waals surface area contributed by atoms with Gasteiger partial charge in [0.2, 0.25) is 5.91 Å². The summed E-state index contributed by atoms with van der Waals surface area (Å²) in [5, 5.41) is 0. The number of hydrogen-bond donors (Lipinski definition) is 1. The molecule has 7 heteroatoms. The number of aromatic nitrogens is 1. The molecule has 1 saturated carbocycles. The lowest BCUT2D eigenvalue weighted by molar-refractivity contribution is -0.137. The van der Waals surface area contributed by atoms with Gasteiger partial charge in [0, 0.05) is 30.5 Å². The summed E-state index contributed by atoms with van der Waals surface area (Å²) in [7, 11) is 0. The highest BCUT2D eigenvalue weighted by Gasteiger charge is 2.30. The second-order valence-corrected chi connectivity index (χ2v) is 7.04. The van der Waals surface area contributed by atoms with Crippen LogP contribution >= 0.6 is 0 Å². The van der Waals surface area contributed by atoms with Gasteiger partial charge in [0.05, 0.1) is 11.5 Å². The molecule has 7 nitrogen and oxygen atoms in total. The highest BCUT2D eigenvalue weighted by molar-refractivity contribution is 5.93. The summed E-state index contributed by atoms with van der Waals surface area (Å²) in [6, 6.07) is 2.31. The first-order chi connectivity index (χ1) is 11.9. The number of nitrogens with two attached hydrogens (primary N) is 1. The summed E-state index contributed by atoms with van der Waals surface area (Å²) in [5.41, 5.74) is 7.78. The molecular formula is C18H25N3O4. The maximum atomic E-state index is 12.4. The maximum absolute atomic E-state index is 12.4. The van der Waals surface area contributed by atoms with Gasteiger partial charge in [-0.1, -0.05) is 0 Å². The average molecular weight is 347 g/mol. The van der Waals surface area contributed by atoms with Crippen molar-refractivity contribution in [2.75, 3.05) is 19.7 Å². The number of esters is 1. The number of nitrogens with zero attached hydrogens (tertiary/aromatic N) is 2. The van der Waals surface area contributed by atoms with Crippen LogP contribution in [0.4, 0.5) is 0 Å². The molecule has 1 aromatic heterocycles. The van der Waals surface area contributed by atoms with Gasteiger partial charge in [0.15, 0.2) is 6.61 Å². The summed E-state index contributed by atoms with van der Waals surface area (Å²) >= 11 is 0. The first kappa shape index (κ1) is 17.5. The lowest BCUT2D eigenvalue weighted by atomic mass is 9.97. The molecule has 0 unspecified atom stereocenters. The van der Waals surface area contributed by atoms with Crippen molar-refractivity contribution >= 4 is 17.8 Å². The van der Waals surface area contributed by atoms with Gasteiger partial charge in [-0.2, -0.15) is 0 Å². The Morgan fingerprint density at radius 1 is 1.24 bits per heavy atom. The Kier molecular flexibility index (Phi) is 4.83. The molecule has 25 heavy (non-hydrogen) atoms. The summed E-state index contributed by atoms with van der Waals surface area (Å²) in [6.45, 7) is 4.45. The van der Waals surface area contributed by atoms with E-state index in [2.05, 4.69) is 4.57 Å². The molecule has 1 aliphatic heterocycles. The van der Waals surface area contributed by atoms with Gasteiger partial charge >= 0.3 is 5.97 Å². The van der Waals surface area contributed by atoms with Crippen molar-refractivity contribution in [3.05, 3.63) is 23.0 Å². The zero-order valence-electron chi connectivity index (χ0n) is 14.8. The molecule has 1 atom stereocenters. The van der Waals surface area contributed by atoms with Crippen LogP contribution in [-0.2, 0) is 14.3 Å². The van der Waals surface area contributed by atoms with Gasteiger partial charge in [-0.05, 0) is 45.6 Å². The molecule has 2 heterocycles. The third-order valence-corrected chi connectivity index (χ3v) is 5.12. The standard InChI is InChI=1S/C18H25N3O4/c1-11-8-15(12(2)21(11)14-5-6-14)18(24)25-10-16(22)20-7-3-4-13(9-20)17(19)23/h8,13-14H,3-7,9-10H2,1-2H3,(H2,19,23)/t13-/m1/s1. The molecule has 0 bridgehead atoms. The highest BCUT2D eigenvalue weighted by Crippen LogP contribution is 2.38. The average Bonchev–Trinajstić information content (AvgIpc) is 3.37. The first-order valence-corrected chi connectivity index (χ1v) is 8.81. The van der Waals surface area contributed by atoms with Crippen LogP contribution in [0.5, 0.6) is 0 Å². The molecule has 1 aromatic rings. The fourth-order valence-electron chi connectivity index (χ4n) is 3.61. The van der Waals surface area contributed by atoms with Gasteiger partial charge in [-0.25, -0.2) is 4.79 Å². The molecule has 1 aliphatic carbocycles. The Hall–Kier alpha value is -2.31. The third-order valence-electron chi connectivity index (χ3n) is 5.12. The van der Waals surface area contributed by atoms with Crippen LogP contribution in [0.15, 0.2) is 6.07 Å². The van der Waals surface area contributed by atoms with Crippen molar-refractivity contribution in [2.45, 2.75) is 45.6 Å². The fourth-order valence-corrected chi connectivity index (χ4v) is 3.61. The zero-order chi connectivity index (χ0) is 18.1. The van der Waals surface area contributed by atoms with E-state index in [1.54, 1.807) is 4.90 Å².